The summed E-state index contributed by atoms with van der Waals surface area (Å²) in [7, 11) is 2.03. The molecule has 1 aromatic rings. The van der Waals surface area contributed by atoms with Crippen LogP contribution in [0, 0.1) is 11.2 Å². The van der Waals surface area contributed by atoms with Crippen LogP contribution in [0.15, 0.2) is 24.3 Å². The van der Waals surface area contributed by atoms with Crippen molar-refractivity contribution in [2.45, 2.75) is 33.6 Å². The molecule has 0 bridgehead atoms. The van der Waals surface area contributed by atoms with E-state index in [2.05, 4.69) is 31.0 Å². The number of halogens is 1. The van der Waals surface area contributed by atoms with E-state index in [0.29, 0.717) is 0 Å². The van der Waals surface area contributed by atoms with Crippen LogP contribution in [0.3, 0.4) is 0 Å². The Labute approximate surface area is 117 Å². The first-order valence-electron chi connectivity index (χ1n) is 7.18. The molecule has 1 unspecified atom stereocenters. The first-order valence-corrected chi connectivity index (χ1v) is 7.18. The summed E-state index contributed by atoms with van der Waals surface area (Å²) in [6, 6.07) is 6.80. The van der Waals surface area contributed by atoms with Gasteiger partial charge in [0.1, 0.15) is 5.82 Å². The van der Waals surface area contributed by atoms with Crippen molar-refractivity contribution in [3.63, 3.8) is 0 Å². The lowest BCUT2D eigenvalue weighted by molar-refractivity contribution is 0.299. The Morgan fingerprint density at radius 3 is 2.63 bits per heavy atom. The molecule has 1 atom stereocenters. The van der Waals surface area contributed by atoms with Crippen molar-refractivity contribution >= 4 is 5.69 Å². The molecule has 19 heavy (non-hydrogen) atoms. The van der Waals surface area contributed by atoms with Gasteiger partial charge < -0.3 is 10.2 Å². The second kappa shape index (κ2) is 7.49. The molecular formula is C16H27FN2. The SMILES string of the molecule is CCCNCC(C)(CC)CN(C)c1cccc(F)c1. The van der Waals surface area contributed by atoms with Crippen LogP contribution in [0.4, 0.5) is 10.1 Å². The fourth-order valence-electron chi connectivity index (χ4n) is 2.24. The number of nitrogens with zero attached hydrogens (tertiary/aromatic N) is 1. The smallest absolute Gasteiger partial charge is 0.125 e. The van der Waals surface area contributed by atoms with Crippen molar-refractivity contribution in [1.82, 2.24) is 5.32 Å². The van der Waals surface area contributed by atoms with Crippen molar-refractivity contribution in [3.8, 4) is 0 Å². The van der Waals surface area contributed by atoms with Crippen LogP contribution in [0.5, 0.6) is 0 Å². The quantitative estimate of drug-likeness (QED) is 0.722. The molecule has 0 fully saturated rings. The minimum Gasteiger partial charge on any atom is -0.374 e. The summed E-state index contributed by atoms with van der Waals surface area (Å²) in [6.07, 6.45) is 2.25. The molecule has 0 heterocycles. The Kier molecular flexibility index (Phi) is 6.29. The fourth-order valence-corrected chi connectivity index (χ4v) is 2.24. The Hall–Kier alpha value is -1.09. The molecule has 1 aromatic carbocycles. The molecule has 0 saturated heterocycles. The average Bonchev–Trinajstić information content (AvgIpc) is 2.39. The maximum absolute atomic E-state index is 13.3. The third kappa shape index (κ3) is 5.19. The highest BCUT2D eigenvalue weighted by atomic mass is 19.1. The maximum Gasteiger partial charge on any atom is 0.125 e. The average molecular weight is 266 g/mol. The number of hydrogen-bond acceptors (Lipinski definition) is 2. The van der Waals surface area contributed by atoms with Crippen LogP contribution < -0.4 is 10.2 Å². The van der Waals surface area contributed by atoms with Crippen LogP contribution >= 0.6 is 0 Å². The first-order chi connectivity index (χ1) is 9.00. The van der Waals surface area contributed by atoms with E-state index in [1.54, 1.807) is 12.1 Å². The number of anilines is 1. The molecule has 0 aliphatic heterocycles. The molecule has 0 saturated carbocycles. The van der Waals surface area contributed by atoms with Gasteiger partial charge in [-0.25, -0.2) is 4.39 Å². The summed E-state index contributed by atoms with van der Waals surface area (Å²) in [6.45, 7) is 9.65. The van der Waals surface area contributed by atoms with Crippen molar-refractivity contribution < 1.29 is 4.39 Å². The van der Waals surface area contributed by atoms with Crippen molar-refractivity contribution in [3.05, 3.63) is 30.1 Å². The molecule has 0 aliphatic carbocycles. The summed E-state index contributed by atoms with van der Waals surface area (Å²) < 4.78 is 13.3. The molecule has 1 N–H and O–H groups in total. The Bertz CT molecular complexity index is 381. The lowest BCUT2D eigenvalue weighted by Gasteiger charge is -2.34. The van der Waals surface area contributed by atoms with Gasteiger partial charge in [-0.3, -0.25) is 0 Å². The maximum atomic E-state index is 13.3. The van der Waals surface area contributed by atoms with Crippen LogP contribution in [0.25, 0.3) is 0 Å². The normalized spacial score (nSPS) is 14.2. The standard InChI is InChI=1S/C16H27FN2/c1-5-10-18-12-16(3,6-2)13-19(4)15-9-7-8-14(17)11-15/h7-9,11,18H,5-6,10,12-13H2,1-4H3. The molecule has 0 aromatic heterocycles. The molecular weight excluding hydrogens is 239 g/mol. The molecule has 3 heteroatoms. The van der Waals surface area contributed by atoms with E-state index in [4.69, 9.17) is 0 Å². The van der Waals surface area contributed by atoms with E-state index >= 15 is 0 Å². The Morgan fingerprint density at radius 1 is 1.32 bits per heavy atom. The lowest BCUT2D eigenvalue weighted by Crippen LogP contribution is -2.41. The zero-order valence-electron chi connectivity index (χ0n) is 12.7. The van der Waals surface area contributed by atoms with E-state index in [1.807, 2.05) is 13.1 Å². The zero-order valence-corrected chi connectivity index (χ0v) is 12.7. The third-order valence-corrected chi connectivity index (χ3v) is 3.70. The molecule has 0 radical (unpaired) electrons. The largest absolute Gasteiger partial charge is 0.374 e. The van der Waals surface area contributed by atoms with Gasteiger partial charge >= 0.3 is 0 Å². The van der Waals surface area contributed by atoms with Crippen LogP contribution in [0.2, 0.25) is 0 Å². The fraction of sp³-hybridized carbons (Fsp3) is 0.625. The topological polar surface area (TPSA) is 15.3 Å². The minimum atomic E-state index is -0.174. The predicted molar refractivity (Wildman–Crippen MR) is 81.2 cm³/mol. The van der Waals surface area contributed by atoms with Crippen LogP contribution in [-0.2, 0) is 0 Å². The van der Waals surface area contributed by atoms with E-state index in [1.165, 1.54) is 6.07 Å². The molecule has 0 amide bonds. The van der Waals surface area contributed by atoms with Crippen molar-refractivity contribution in [1.29, 1.82) is 0 Å². The van der Waals surface area contributed by atoms with Crippen molar-refractivity contribution in [2.75, 3.05) is 31.6 Å². The second-order valence-electron chi connectivity index (χ2n) is 5.68. The van der Waals surface area contributed by atoms with Gasteiger partial charge in [0.15, 0.2) is 0 Å². The molecule has 0 aliphatic rings. The summed E-state index contributed by atoms with van der Waals surface area (Å²) in [4.78, 5) is 2.14. The van der Waals surface area contributed by atoms with Gasteiger partial charge in [-0.05, 0) is 43.0 Å². The summed E-state index contributed by atoms with van der Waals surface area (Å²) in [5.41, 5.74) is 1.14. The van der Waals surface area contributed by atoms with Gasteiger partial charge in [0.2, 0.25) is 0 Å². The Balaban J connectivity index is 2.63. The van der Waals surface area contributed by atoms with Crippen molar-refractivity contribution in [2.24, 2.45) is 5.41 Å². The summed E-state index contributed by atoms with van der Waals surface area (Å²) >= 11 is 0. The second-order valence-corrected chi connectivity index (χ2v) is 5.68. The highest BCUT2D eigenvalue weighted by Crippen LogP contribution is 2.24. The van der Waals surface area contributed by atoms with E-state index < -0.39 is 0 Å². The van der Waals surface area contributed by atoms with Crippen LogP contribution in [0.1, 0.15) is 33.6 Å². The van der Waals surface area contributed by atoms with Gasteiger partial charge in [-0.2, -0.15) is 0 Å². The van der Waals surface area contributed by atoms with E-state index in [0.717, 1.165) is 38.2 Å². The van der Waals surface area contributed by atoms with E-state index in [9.17, 15) is 4.39 Å². The first kappa shape index (κ1) is 16.0. The number of rotatable bonds is 8. The molecule has 2 nitrogen and oxygen atoms in total. The molecule has 108 valence electrons. The van der Waals surface area contributed by atoms with Gasteiger partial charge in [0.05, 0.1) is 0 Å². The molecule has 1 rings (SSSR count). The zero-order chi connectivity index (χ0) is 14.3. The van der Waals surface area contributed by atoms with Gasteiger partial charge in [0.25, 0.3) is 0 Å². The number of hydrogen-bond donors (Lipinski definition) is 1. The van der Waals surface area contributed by atoms with Gasteiger partial charge in [-0.1, -0.05) is 26.8 Å². The number of nitrogens with one attached hydrogen (secondary N) is 1. The lowest BCUT2D eigenvalue weighted by atomic mass is 9.86. The predicted octanol–water partition coefficient (Wildman–Crippen LogP) is 3.68. The molecule has 0 spiro atoms. The minimum absolute atomic E-state index is 0.174. The highest BCUT2D eigenvalue weighted by molar-refractivity contribution is 5.45. The highest BCUT2D eigenvalue weighted by Gasteiger charge is 2.23. The number of benzene rings is 1. The monoisotopic (exact) mass is 266 g/mol. The summed E-state index contributed by atoms with van der Waals surface area (Å²) in [5, 5.41) is 3.49. The van der Waals surface area contributed by atoms with Crippen LogP contribution in [-0.4, -0.2) is 26.7 Å². The van der Waals surface area contributed by atoms with Gasteiger partial charge in [0, 0.05) is 25.8 Å². The Morgan fingerprint density at radius 2 is 2.05 bits per heavy atom. The summed E-state index contributed by atoms with van der Waals surface area (Å²) in [5.74, 6) is -0.174. The van der Waals surface area contributed by atoms with Gasteiger partial charge in [-0.15, -0.1) is 0 Å². The van der Waals surface area contributed by atoms with E-state index in [-0.39, 0.29) is 11.2 Å². The third-order valence-electron chi connectivity index (χ3n) is 3.70.